The molecule has 2 rings (SSSR count). The van der Waals surface area contributed by atoms with E-state index in [0.29, 0.717) is 17.7 Å². The average molecular weight is 226 g/mol. The van der Waals surface area contributed by atoms with Crippen LogP contribution < -0.4 is 5.73 Å². The average Bonchev–Trinajstić information content (AvgIpc) is 2.29. The number of likely N-dealkylation sites (tertiary alicyclic amines) is 1. The summed E-state index contributed by atoms with van der Waals surface area (Å²) in [5.74, 6) is 0. The zero-order valence-electron chi connectivity index (χ0n) is 10.7. The van der Waals surface area contributed by atoms with Gasteiger partial charge in [-0.2, -0.15) is 0 Å². The summed E-state index contributed by atoms with van der Waals surface area (Å²) in [7, 11) is 1.85. The fourth-order valence-electron chi connectivity index (χ4n) is 3.33. The molecule has 94 valence electrons. The Kier molecular flexibility index (Phi) is 3.88. The second-order valence-electron chi connectivity index (χ2n) is 5.78. The molecule has 16 heavy (non-hydrogen) atoms. The van der Waals surface area contributed by atoms with Crippen LogP contribution in [0.4, 0.5) is 0 Å². The maximum atomic E-state index is 5.97. The normalized spacial score (nSPS) is 38.8. The second kappa shape index (κ2) is 5.03. The number of piperidine rings is 1. The van der Waals surface area contributed by atoms with Gasteiger partial charge in [-0.25, -0.2) is 0 Å². The first-order valence-electron chi connectivity index (χ1n) is 6.67. The molecular weight excluding hydrogens is 200 g/mol. The van der Waals surface area contributed by atoms with Crippen molar-refractivity contribution in [2.75, 3.05) is 20.2 Å². The Morgan fingerprint density at radius 2 is 1.94 bits per heavy atom. The van der Waals surface area contributed by atoms with E-state index < -0.39 is 0 Å². The van der Waals surface area contributed by atoms with Gasteiger partial charge in [-0.15, -0.1) is 0 Å². The third-order valence-electron chi connectivity index (χ3n) is 4.55. The van der Waals surface area contributed by atoms with Crippen molar-refractivity contribution in [1.29, 1.82) is 0 Å². The molecule has 0 bridgehead atoms. The predicted octanol–water partition coefficient (Wildman–Crippen LogP) is 1.76. The number of ether oxygens (including phenoxy) is 1. The zero-order valence-corrected chi connectivity index (χ0v) is 10.7. The number of hydrogen-bond donors (Lipinski definition) is 1. The van der Waals surface area contributed by atoms with E-state index >= 15 is 0 Å². The van der Waals surface area contributed by atoms with Crippen molar-refractivity contribution in [2.24, 2.45) is 5.73 Å². The molecule has 3 nitrogen and oxygen atoms in total. The molecule has 0 spiro atoms. The molecule has 2 N–H and O–H groups in total. The number of rotatable bonds is 2. The Balaban J connectivity index is 1.95. The van der Waals surface area contributed by atoms with Crippen LogP contribution in [-0.4, -0.2) is 42.8 Å². The van der Waals surface area contributed by atoms with Crippen LogP contribution >= 0.6 is 0 Å². The number of nitrogens with two attached hydrogens (primary N) is 1. The standard InChI is InChI=1S/C13H26N2O/c1-13(7-3-4-12(10-13)16-2)15-8-5-11(14)6-9-15/h11-12H,3-10,14H2,1-2H3. The molecule has 1 saturated heterocycles. The Labute approximate surface area is 99.3 Å². The van der Waals surface area contributed by atoms with Gasteiger partial charge in [0.1, 0.15) is 0 Å². The van der Waals surface area contributed by atoms with Gasteiger partial charge in [0, 0.05) is 31.8 Å². The van der Waals surface area contributed by atoms with E-state index in [9.17, 15) is 0 Å². The van der Waals surface area contributed by atoms with Crippen molar-refractivity contribution in [3.05, 3.63) is 0 Å². The summed E-state index contributed by atoms with van der Waals surface area (Å²) in [5, 5.41) is 0. The molecule has 2 unspecified atom stereocenters. The largest absolute Gasteiger partial charge is 0.381 e. The van der Waals surface area contributed by atoms with Crippen LogP contribution in [0.15, 0.2) is 0 Å². The van der Waals surface area contributed by atoms with E-state index in [2.05, 4.69) is 11.8 Å². The highest BCUT2D eigenvalue weighted by molar-refractivity contribution is 4.94. The highest BCUT2D eigenvalue weighted by Gasteiger charge is 2.38. The molecule has 0 aromatic rings. The van der Waals surface area contributed by atoms with Gasteiger partial charge in [-0.3, -0.25) is 4.90 Å². The van der Waals surface area contributed by atoms with Crippen LogP contribution in [0.25, 0.3) is 0 Å². The van der Waals surface area contributed by atoms with Crippen LogP contribution in [0.3, 0.4) is 0 Å². The molecule has 1 heterocycles. The number of nitrogens with zero attached hydrogens (tertiary/aromatic N) is 1. The van der Waals surface area contributed by atoms with Crippen LogP contribution in [0.1, 0.15) is 45.4 Å². The van der Waals surface area contributed by atoms with Crippen molar-refractivity contribution in [2.45, 2.75) is 63.1 Å². The van der Waals surface area contributed by atoms with E-state index in [1.807, 2.05) is 7.11 Å². The van der Waals surface area contributed by atoms with E-state index in [4.69, 9.17) is 10.5 Å². The van der Waals surface area contributed by atoms with Crippen LogP contribution in [0, 0.1) is 0 Å². The third-order valence-corrected chi connectivity index (χ3v) is 4.55. The summed E-state index contributed by atoms with van der Waals surface area (Å²) in [6.45, 7) is 4.76. The van der Waals surface area contributed by atoms with Gasteiger partial charge >= 0.3 is 0 Å². The van der Waals surface area contributed by atoms with Crippen molar-refractivity contribution in [3.63, 3.8) is 0 Å². The molecule has 1 saturated carbocycles. The predicted molar refractivity (Wildman–Crippen MR) is 66.5 cm³/mol. The van der Waals surface area contributed by atoms with Gasteiger partial charge in [0.15, 0.2) is 0 Å². The van der Waals surface area contributed by atoms with E-state index in [-0.39, 0.29) is 0 Å². The van der Waals surface area contributed by atoms with Crippen molar-refractivity contribution < 1.29 is 4.74 Å². The lowest BCUT2D eigenvalue weighted by atomic mass is 9.79. The SMILES string of the molecule is COC1CCCC(C)(N2CCC(N)CC2)C1. The molecule has 1 aliphatic carbocycles. The summed E-state index contributed by atoms with van der Waals surface area (Å²) in [4.78, 5) is 2.65. The van der Waals surface area contributed by atoms with Gasteiger partial charge in [0.25, 0.3) is 0 Å². The summed E-state index contributed by atoms with van der Waals surface area (Å²) >= 11 is 0. The lowest BCUT2D eigenvalue weighted by molar-refractivity contribution is -0.0257. The van der Waals surface area contributed by atoms with Crippen LogP contribution in [-0.2, 0) is 4.74 Å². The quantitative estimate of drug-likeness (QED) is 0.779. The molecule has 2 fully saturated rings. The Bertz CT molecular complexity index is 226. The van der Waals surface area contributed by atoms with E-state index in [0.717, 1.165) is 12.8 Å². The highest BCUT2D eigenvalue weighted by Crippen LogP contribution is 2.35. The minimum atomic E-state index is 0.360. The molecule has 0 aromatic heterocycles. The van der Waals surface area contributed by atoms with Crippen LogP contribution in [0.5, 0.6) is 0 Å². The first-order valence-corrected chi connectivity index (χ1v) is 6.67. The Morgan fingerprint density at radius 3 is 2.56 bits per heavy atom. The molecule has 3 heteroatoms. The second-order valence-corrected chi connectivity index (χ2v) is 5.78. The van der Waals surface area contributed by atoms with Crippen molar-refractivity contribution in [3.8, 4) is 0 Å². The van der Waals surface area contributed by atoms with Gasteiger partial charge in [0.05, 0.1) is 6.10 Å². The molecule has 2 atom stereocenters. The maximum absolute atomic E-state index is 5.97. The maximum Gasteiger partial charge on any atom is 0.0588 e. The van der Waals surface area contributed by atoms with Gasteiger partial charge in [-0.05, 0) is 45.4 Å². The fraction of sp³-hybridized carbons (Fsp3) is 1.00. The molecule has 2 aliphatic rings. The van der Waals surface area contributed by atoms with Crippen molar-refractivity contribution >= 4 is 0 Å². The number of methoxy groups -OCH3 is 1. The summed E-state index contributed by atoms with van der Waals surface area (Å²) in [6, 6.07) is 0.432. The highest BCUT2D eigenvalue weighted by atomic mass is 16.5. The summed E-state index contributed by atoms with van der Waals surface area (Å²) < 4.78 is 5.55. The molecule has 0 amide bonds. The minimum absolute atomic E-state index is 0.360. The third kappa shape index (κ3) is 2.58. The van der Waals surface area contributed by atoms with Gasteiger partial charge in [0.2, 0.25) is 0 Å². The lowest BCUT2D eigenvalue weighted by Crippen LogP contribution is -2.54. The van der Waals surface area contributed by atoms with Gasteiger partial charge in [-0.1, -0.05) is 0 Å². The summed E-state index contributed by atoms with van der Waals surface area (Å²) in [5.41, 5.74) is 6.33. The lowest BCUT2D eigenvalue weighted by Gasteiger charge is -2.48. The van der Waals surface area contributed by atoms with Gasteiger partial charge < -0.3 is 10.5 Å². The summed E-state index contributed by atoms with van der Waals surface area (Å²) in [6.07, 6.45) is 7.84. The minimum Gasteiger partial charge on any atom is -0.381 e. The molecular formula is C13H26N2O. The topological polar surface area (TPSA) is 38.5 Å². The number of hydrogen-bond acceptors (Lipinski definition) is 3. The monoisotopic (exact) mass is 226 g/mol. The molecule has 0 aromatic carbocycles. The zero-order chi connectivity index (χ0) is 11.6. The Hall–Kier alpha value is -0.120. The van der Waals surface area contributed by atoms with E-state index in [1.165, 1.54) is 38.8 Å². The smallest absolute Gasteiger partial charge is 0.0588 e. The fourth-order valence-corrected chi connectivity index (χ4v) is 3.33. The van der Waals surface area contributed by atoms with E-state index in [1.54, 1.807) is 0 Å². The van der Waals surface area contributed by atoms with Crippen molar-refractivity contribution in [1.82, 2.24) is 4.90 Å². The first-order chi connectivity index (χ1) is 7.64. The van der Waals surface area contributed by atoms with Crippen LogP contribution in [0.2, 0.25) is 0 Å². The molecule has 1 aliphatic heterocycles. The Morgan fingerprint density at radius 1 is 1.25 bits per heavy atom. The first kappa shape index (κ1) is 12.3. The molecule has 0 radical (unpaired) electrons.